The number of phenols is 1. The smallest absolute Gasteiger partial charge is 0.219 e. The highest BCUT2D eigenvalue weighted by molar-refractivity contribution is 14.1. The zero-order chi connectivity index (χ0) is 64.4. The van der Waals surface area contributed by atoms with Crippen molar-refractivity contribution in [1.82, 2.24) is 62.8 Å². The fraction of sp³-hybridized carbons (Fsp3) is 0. The van der Waals surface area contributed by atoms with Crippen molar-refractivity contribution < 1.29 is 9.84 Å². The number of rotatable bonds is 5. The third-order valence-corrected chi connectivity index (χ3v) is 18.4. The van der Waals surface area contributed by atoms with Crippen LogP contribution >= 0.6 is 66.1 Å². The normalized spacial score (nSPS) is 11.2. The number of para-hydroxylation sites is 2. The largest absolute Gasteiger partial charge is 0.508 e. The average Bonchev–Trinajstić information content (AvgIpc) is 1.75. The summed E-state index contributed by atoms with van der Waals surface area (Å²) in [6.45, 7) is 0. The number of fused-ring (bicyclic) bond motifs is 18. The van der Waals surface area contributed by atoms with Gasteiger partial charge in [0.15, 0.2) is 0 Å². The Morgan fingerprint density at radius 3 is 1.56 bits per heavy atom. The van der Waals surface area contributed by atoms with E-state index in [1.54, 1.807) is 30.7 Å². The Balaban J connectivity index is 0.000000108. The van der Waals surface area contributed by atoms with Crippen LogP contribution in [0, 0.1) is 3.57 Å². The molecule has 95 heavy (non-hydrogen) atoms. The van der Waals surface area contributed by atoms with E-state index in [9.17, 15) is 5.11 Å². The molecular formula is C76H49Br2ClIN13O2. The molecular weight excluding hydrogens is 1450 g/mol. The van der Waals surface area contributed by atoms with Crippen molar-refractivity contribution in [2.24, 2.45) is 0 Å². The van der Waals surface area contributed by atoms with Crippen LogP contribution in [-0.2, 0) is 0 Å². The molecule has 0 saturated carbocycles. The van der Waals surface area contributed by atoms with Crippen LogP contribution in [0.15, 0.2) is 296 Å². The average molecular weight is 1500 g/mol. The minimum Gasteiger partial charge on any atom is -0.508 e. The summed E-state index contributed by atoms with van der Waals surface area (Å²) < 4.78 is 17.6. The molecule has 0 amide bonds. The summed E-state index contributed by atoms with van der Waals surface area (Å²) in [6, 6.07) is 72.0. The van der Waals surface area contributed by atoms with Gasteiger partial charge in [-0.25, -0.2) is 24.9 Å². The molecule has 458 valence electrons. The van der Waals surface area contributed by atoms with Crippen LogP contribution in [0.5, 0.6) is 17.4 Å². The molecule has 2 N–H and O–H groups in total. The highest BCUT2D eigenvalue weighted by Gasteiger charge is 2.17. The van der Waals surface area contributed by atoms with Crippen molar-refractivity contribution in [3.05, 3.63) is 304 Å². The van der Waals surface area contributed by atoms with E-state index in [0.717, 1.165) is 129 Å². The van der Waals surface area contributed by atoms with Crippen molar-refractivity contribution in [3.8, 4) is 40.4 Å². The van der Waals surface area contributed by atoms with E-state index < -0.39 is 0 Å². The maximum Gasteiger partial charge on any atom is 0.219 e. The van der Waals surface area contributed by atoms with Gasteiger partial charge < -0.3 is 23.6 Å². The predicted molar refractivity (Wildman–Crippen MR) is 396 cm³/mol. The summed E-state index contributed by atoms with van der Waals surface area (Å²) in [6.07, 6.45) is 20.4. The second kappa shape index (κ2) is 26.6. The maximum absolute atomic E-state index is 9.79. The zero-order valence-corrected chi connectivity index (χ0v) is 56.0. The Kier molecular flexibility index (Phi) is 16.9. The number of benzene rings is 4. The van der Waals surface area contributed by atoms with E-state index in [0.29, 0.717) is 16.7 Å². The van der Waals surface area contributed by atoms with Gasteiger partial charge in [0.1, 0.15) is 32.3 Å². The van der Waals surface area contributed by atoms with Gasteiger partial charge in [-0.05, 0) is 200 Å². The van der Waals surface area contributed by atoms with Crippen molar-refractivity contribution >= 4 is 164 Å². The van der Waals surface area contributed by atoms with Crippen molar-refractivity contribution in [2.45, 2.75) is 0 Å². The van der Waals surface area contributed by atoms with Gasteiger partial charge in [-0.1, -0.05) is 66.2 Å². The number of halogens is 4. The molecule has 19 aromatic rings. The van der Waals surface area contributed by atoms with Crippen molar-refractivity contribution in [3.63, 3.8) is 0 Å². The van der Waals surface area contributed by atoms with Crippen LogP contribution < -0.4 is 4.74 Å². The number of H-pyrrole nitrogens is 1. The van der Waals surface area contributed by atoms with Gasteiger partial charge in [0.05, 0.1) is 71.6 Å². The lowest BCUT2D eigenvalue weighted by atomic mass is 10.1. The van der Waals surface area contributed by atoms with Gasteiger partial charge in [0.25, 0.3) is 0 Å². The number of pyridine rings is 10. The van der Waals surface area contributed by atoms with E-state index in [4.69, 9.17) is 21.3 Å². The molecule has 15 aromatic heterocycles. The van der Waals surface area contributed by atoms with Crippen LogP contribution in [0.2, 0.25) is 5.02 Å². The van der Waals surface area contributed by atoms with Gasteiger partial charge in [-0.15, -0.1) is 0 Å². The topological polar surface area (TPSA) is 167 Å². The van der Waals surface area contributed by atoms with E-state index in [-0.39, 0.29) is 5.75 Å². The first-order valence-electron chi connectivity index (χ1n) is 29.9. The summed E-state index contributed by atoms with van der Waals surface area (Å²) in [7, 11) is 0. The van der Waals surface area contributed by atoms with Gasteiger partial charge in [0, 0.05) is 133 Å². The Morgan fingerprint density at radius 1 is 0.421 bits per heavy atom. The molecule has 0 bridgehead atoms. The Labute approximate surface area is 577 Å². The molecule has 0 unspecified atom stereocenters. The van der Waals surface area contributed by atoms with E-state index in [1.165, 1.54) is 5.39 Å². The SMILES string of the molecule is Brc1ccc2c3cnccc3n3cccc3c2n1.Brc1cccc(-c2ccc[nH]2)n1.Clc1cnccc1I.Oc1ccc2c3ccccc3n(-c3ccccn3)c2c1.c1ccc(-n2c3ccccc3c3ccc(Oc4ccc5c6cnccc6n6cccc6c5n4)cc32)nc1. The molecule has 0 saturated heterocycles. The number of aromatic hydroxyl groups is 1. The monoisotopic (exact) mass is 1500 g/mol. The summed E-state index contributed by atoms with van der Waals surface area (Å²) in [5, 5.41) is 19.5. The van der Waals surface area contributed by atoms with E-state index in [2.05, 4.69) is 197 Å². The molecule has 0 atom stereocenters. The minimum absolute atomic E-state index is 0.262. The Hall–Kier alpha value is -10.9. The maximum atomic E-state index is 9.79. The first-order chi connectivity index (χ1) is 46.7. The number of ether oxygens (including phenoxy) is 1. The summed E-state index contributed by atoms with van der Waals surface area (Å²) >= 11 is 14.5. The van der Waals surface area contributed by atoms with Crippen molar-refractivity contribution in [2.75, 3.05) is 0 Å². The predicted octanol–water partition coefficient (Wildman–Crippen LogP) is 20.2. The molecule has 19 heteroatoms. The molecule has 0 aliphatic heterocycles. The standard InChI is InChI=1S/C31H19N5O.C17H12N2O.C14H8BrN3.C9H7BrN2.C5H3ClIN/c1-2-7-26-21(6-1)22-11-10-20(18-28(22)36(26)29-9-3-4-15-33-29)37-30-13-12-23-24-19-32-16-14-25(24)35-17-5-8-27(35)31(23)34-30;20-12-8-9-14-13-5-1-2-6-15(13)19(16(14)11-12)17-7-3-4-10-18-17;15-13-4-3-9-10-8-16-6-5-11(10)18-7-1-2-12(18)14(9)17-13;10-9-5-1-3-8(12-9)7-4-2-6-11-7;6-4-3-8-2-1-5(4)7/h1-19H;1-11,20H;1-8H;1-6,11H;1-3H. The molecule has 0 fully saturated rings. The molecule has 19 rings (SSSR count). The lowest BCUT2D eigenvalue weighted by molar-refractivity contribution is 0.466. The highest BCUT2D eigenvalue weighted by atomic mass is 127. The third kappa shape index (κ3) is 12.0. The van der Waals surface area contributed by atoms with E-state index >= 15 is 0 Å². The molecule has 0 spiro atoms. The second-order valence-corrected chi connectivity index (χ2v) is 24.9. The Morgan fingerprint density at radius 2 is 0.968 bits per heavy atom. The summed E-state index contributed by atoms with van der Waals surface area (Å²) in [4.78, 5) is 38.4. The molecule has 4 aromatic carbocycles. The first kappa shape index (κ1) is 60.3. The number of nitrogens with zero attached hydrogens (tertiary/aromatic N) is 12. The number of hydrogen-bond donors (Lipinski definition) is 2. The lowest BCUT2D eigenvalue weighted by Crippen LogP contribution is -1.97. The van der Waals surface area contributed by atoms with Gasteiger partial charge >= 0.3 is 0 Å². The molecule has 0 radical (unpaired) electrons. The number of nitrogens with one attached hydrogen (secondary N) is 1. The summed E-state index contributed by atoms with van der Waals surface area (Å²) in [5.41, 5.74) is 12.5. The number of aromatic amines is 1. The Bertz CT molecular complexity index is 5990. The van der Waals surface area contributed by atoms with Gasteiger partial charge in [-0.3, -0.25) is 24.1 Å². The quantitative estimate of drug-likeness (QED) is 0.0962. The van der Waals surface area contributed by atoms with Crippen LogP contribution in [0.1, 0.15) is 0 Å². The fourth-order valence-electron chi connectivity index (χ4n) is 11.9. The molecule has 15 nitrogen and oxygen atoms in total. The molecule has 15 heterocycles. The number of phenolic OH excluding ortho intramolecular Hbond substituents is 1. The zero-order valence-electron chi connectivity index (χ0n) is 49.9. The van der Waals surface area contributed by atoms with Crippen LogP contribution in [-0.4, -0.2) is 67.9 Å². The lowest BCUT2D eigenvalue weighted by Gasteiger charge is -2.11. The molecule has 0 aliphatic carbocycles. The van der Waals surface area contributed by atoms with Crippen molar-refractivity contribution in [1.29, 1.82) is 0 Å². The second-order valence-electron chi connectivity index (χ2n) is 21.7. The van der Waals surface area contributed by atoms with Gasteiger partial charge in [-0.2, -0.15) is 0 Å². The number of aromatic nitrogens is 13. The fourth-order valence-corrected chi connectivity index (χ4v) is 13.0. The third-order valence-electron chi connectivity index (χ3n) is 16.0. The highest BCUT2D eigenvalue weighted by Crippen LogP contribution is 2.38. The van der Waals surface area contributed by atoms with Crippen LogP contribution in [0.25, 0.3) is 121 Å². The van der Waals surface area contributed by atoms with Crippen LogP contribution in [0.3, 0.4) is 0 Å². The minimum atomic E-state index is 0.262. The van der Waals surface area contributed by atoms with Gasteiger partial charge in [0.2, 0.25) is 5.88 Å². The molecule has 0 aliphatic rings. The summed E-state index contributed by atoms with van der Waals surface area (Å²) in [5.74, 6) is 3.24. The first-order valence-corrected chi connectivity index (χ1v) is 32.9. The van der Waals surface area contributed by atoms with Crippen LogP contribution in [0.4, 0.5) is 0 Å². The number of hydrogen-bond acceptors (Lipinski definition) is 10. The van der Waals surface area contributed by atoms with E-state index in [1.807, 2.05) is 171 Å².